The van der Waals surface area contributed by atoms with Crippen molar-refractivity contribution in [2.24, 2.45) is 14.1 Å². The zero-order valence-corrected chi connectivity index (χ0v) is 35.6. The minimum Gasteiger partial charge on any atom is -0.330 e. The van der Waals surface area contributed by atoms with Gasteiger partial charge in [0.1, 0.15) is 11.6 Å². The molecule has 0 atom stereocenters. The molecule has 1 aliphatic carbocycles. The van der Waals surface area contributed by atoms with Gasteiger partial charge in [0, 0.05) is 64.3 Å². The van der Waals surface area contributed by atoms with E-state index in [9.17, 15) is 0 Å². The van der Waals surface area contributed by atoms with Gasteiger partial charge in [-0.15, -0.1) is 0 Å². The van der Waals surface area contributed by atoms with E-state index in [4.69, 9.17) is 15.0 Å². The molecule has 0 saturated heterocycles. The molecule has 288 valence electrons. The van der Waals surface area contributed by atoms with Crippen molar-refractivity contribution >= 4 is 5.57 Å². The van der Waals surface area contributed by atoms with Gasteiger partial charge in [-0.1, -0.05) is 117 Å². The van der Waals surface area contributed by atoms with Gasteiger partial charge in [0.25, 0.3) is 0 Å². The summed E-state index contributed by atoms with van der Waals surface area (Å²) in [6, 6.07) is 33.0. The van der Waals surface area contributed by atoms with E-state index < -0.39 is 0 Å². The summed E-state index contributed by atoms with van der Waals surface area (Å²) >= 11 is 0. The number of aromatic nitrogens is 5. The number of benzene rings is 4. The molecule has 0 spiro atoms. The first-order chi connectivity index (χ1) is 27.7. The average molecular weight is 758 g/mol. The summed E-state index contributed by atoms with van der Waals surface area (Å²) in [5.74, 6) is 1.98. The molecule has 0 saturated carbocycles. The third-order valence-corrected chi connectivity index (χ3v) is 11.5. The predicted octanol–water partition coefficient (Wildman–Crippen LogP) is 13.0. The number of hydrogen-bond donors (Lipinski definition) is 0. The molecule has 0 unspecified atom stereocenters. The number of pyridine rings is 1. The largest absolute Gasteiger partial charge is 0.330 e. The molecular weight excluding hydrogens is 707 g/mol. The number of allylic oxidation sites excluding steroid dienone is 4. The first kappa shape index (κ1) is 38.4. The van der Waals surface area contributed by atoms with Crippen LogP contribution in [0, 0.1) is 41.5 Å². The highest BCUT2D eigenvalue weighted by atomic mass is 15.1. The molecule has 0 bridgehead atoms. The van der Waals surface area contributed by atoms with Crippen molar-refractivity contribution in [1.29, 1.82) is 0 Å². The van der Waals surface area contributed by atoms with Crippen molar-refractivity contribution in [2.45, 2.75) is 67.7 Å². The van der Waals surface area contributed by atoms with Gasteiger partial charge in [0.05, 0.1) is 22.8 Å². The highest BCUT2D eigenvalue weighted by molar-refractivity contribution is 5.88. The quantitative estimate of drug-likeness (QED) is 0.152. The van der Waals surface area contributed by atoms with E-state index in [1.54, 1.807) is 0 Å². The van der Waals surface area contributed by atoms with Gasteiger partial charge in [-0.05, 0) is 105 Å². The monoisotopic (exact) mass is 757 g/mol. The summed E-state index contributed by atoms with van der Waals surface area (Å²) in [5, 5.41) is 0. The fraction of sp³-hybridized carbons (Fsp3) is 0.226. The first-order valence-corrected chi connectivity index (χ1v) is 20.1. The highest BCUT2D eigenvalue weighted by Crippen LogP contribution is 2.42. The van der Waals surface area contributed by atoms with E-state index in [-0.39, 0.29) is 5.41 Å². The van der Waals surface area contributed by atoms with Crippen LogP contribution in [0.4, 0.5) is 0 Å². The molecule has 1 aliphatic rings. The molecule has 4 aromatic carbocycles. The number of aryl methyl sites for hydroxylation is 5. The Morgan fingerprint density at radius 3 is 1.72 bits per heavy atom. The van der Waals surface area contributed by atoms with Gasteiger partial charge < -0.3 is 9.13 Å². The standard InChI is InChI=1S/C53H51N5/c1-32-30-33(2)45(36(5)44(32)38-22-24-39(25-23-38)46-34(3)31-35(4)54-37(46)6)51-55-47(49(57(51)10)42-20-16-13-17-21-42)41-26-28-43(29-27-41)50-48(40-18-14-12-15-19-40)56-52(58(50)11)53(7,8)9/h13-14,16-31H,1-11H3. The molecule has 3 aromatic heterocycles. The molecule has 0 N–H and O–H groups in total. The van der Waals surface area contributed by atoms with Gasteiger partial charge in [-0.25, -0.2) is 9.97 Å². The summed E-state index contributed by atoms with van der Waals surface area (Å²) in [4.78, 5) is 15.5. The van der Waals surface area contributed by atoms with Crippen molar-refractivity contribution in [1.82, 2.24) is 24.1 Å². The van der Waals surface area contributed by atoms with Gasteiger partial charge in [0.2, 0.25) is 0 Å². The smallest absolute Gasteiger partial charge is 0.141 e. The van der Waals surface area contributed by atoms with E-state index in [1.165, 1.54) is 44.5 Å². The van der Waals surface area contributed by atoms with Gasteiger partial charge >= 0.3 is 0 Å². The van der Waals surface area contributed by atoms with E-state index >= 15 is 0 Å². The molecule has 0 fully saturated rings. The third-order valence-electron chi connectivity index (χ3n) is 11.5. The summed E-state index contributed by atoms with van der Waals surface area (Å²) in [6.45, 7) is 19.7. The zero-order valence-electron chi connectivity index (χ0n) is 35.6. The van der Waals surface area contributed by atoms with E-state index in [2.05, 4.69) is 194 Å². The van der Waals surface area contributed by atoms with Gasteiger partial charge in [-0.2, -0.15) is 0 Å². The van der Waals surface area contributed by atoms with Gasteiger partial charge in [-0.3, -0.25) is 4.98 Å². The molecule has 58 heavy (non-hydrogen) atoms. The van der Waals surface area contributed by atoms with Crippen LogP contribution in [0.25, 0.3) is 73.0 Å². The first-order valence-electron chi connectivity index (χ1n) is 20.1. The summed E-state index contributed by atoms with van der Waals surface area (Å²) in [5.41, 5.74) is 27.4. The Labute approximate surface area is 343 Å². The zero-order chi connectivity index (χ0) is 41.0. The average Bonchev–Trinajstić information content (AvgIpc) is 3.72. The van der Waals surface area contributed by atoms with Crippen LogP contribution < -0.4 is 0 Å². The van der Waals surface area contributed by atoms with E-state index in [0.29, 0.717) is 0 Å². The summed E-state index contributed by atoms with van der Waals surface area (Å²) in [6.07, 6.45) is 5.93. The maximum atomic E-state index is 5.55. The van der Waals surface area contributed by atoms with Crippen LogP contribution in [-0.4, -0.2) is 24.1 Å². The number of nitrogens with zero attached hydrogens (tertiary/aromatic N) is 5. The Balaban J connectivity index is 1.25. The van der Waals surface area contributed by atoms with Crippen molar-refractivity contribution in [3.05, 3.63) is 166 Å². The molecule has 5 heteroatoms. The molecule has 3 heterocycles. The van der Waals surface area contributed by atoms with Crippen LogP contribution in [0.2, 0.25) is 0 Å². The molecule has 5 nitrogen and oxygen atoms in total. The normalized spacial score (nSPS) is 12.4. The van der Waals surface area contributed by atoms with Crippen LogP contribution in [-0.2, 0) is 19.5 Å². The second-order valence-corrected chi connectivity index (χ2v) is 16.8. The molecular formula is C53H51N5. The summed E-state index contributed by atoms with van der Waals surface area (Å²) in [7, 11) is 4.27. The van der Waals surface area contributed by atoms with Crippen LogP contribution in [0.5, 0.6) is 0 Å². The fourth-order valence-electron chi connectivity index (χ4n) is 9.07. The molecule has 0 radical (unpaired) electrons. The van der Waals surface area contributed by atoms with Crippen LogP contribution in [0.1, 0.15) is 65.9 Å². The lowest BCUT2D eigenvalue weighted by Gasteiger charge is -2.19. The van der Waals surface area contributed by atoms with Crippen molar-refractivity contribution in [3.8, 4) is 67.4 Å². The minimum atomic E-state index is -0.131. The topological polar surface area (TPSA) is 48.5 Å². The lowest BCUT2D eigenvalue weighted by molar-refractivity contribution is 0.523. The van der Waals surface area contributed by atoms with Crippen molar-refractivity contribution in [2.75, 3.05) is 0 Å². The number of rotatable bonds is 7. The number of imidazole rings is 2. The van der Waals surface area contributed by atoms with Crippen LogP contribution in [0.15, 0.2) is 121 Å². The van der Waals surface area contributed by atoms with E-state index in [0.717, 1.165) is 73.6 Å². The fourth-order valence-corrected chi connectivity index (χ4v) is 9.07. The molecule has 7 aromatic rings. The molecule has 0 aliphatic heterocycles. The Morgan fingerprint density at radius 2 is 1.10 bits per heavy atom. The molecule has 0 amide bonds. The highest BCUT2D eigenvalue weighted by Gasteiger charge is 2.27. The SMILES string of the molecule is Cc1cc(C)c(-c2ccc(-c3c(C)cc(C)c(-c4nc(-c5ccc(-c6c(C7=CC=C=C=C7)nc(C(C)(C)C)n6C)cc5)c(-c5ccccc5)n4C)c3C)cc2)c(C)n1. The maximum Gasteiger partial charge on any atom is 0.141 e. The van der Waals surface area contributed by atoms with Crippen LogP contribution in [0.3, 0.4) is 0 Å². The Kier molecular flexibility index (Phi) is 9.77. The third kappa shape index (κ3) is 6.73. The van der Waals surface area contributed by atoms with E-state index in [1.807, 2.05) is 12.2 Å². The Morgan fingerprint density at radius 1 is 0.534 bits per heavy atom. The Hall–Kier alpha value is -6.51. The second-order valence-electron chi connectivity index (χ2n) is 16.8. The lowest BCUT2D eigenvalue weighted by Crippen LogP contribution is -2.17. The predicted molar refractivity (Wildman–Crippen MR) is 242 cm³/mol. The van der Waals surface area contributed by atoms with Crippen molar-refractivity contribution < 1.29 is 0 Å². The van der Waals surface area contributed by atoms with Gasteiger partial charge in [0.15, 0.2) is 0 Å². The lowest BCUT2D eigenvalue weighted by atomic mass is 9.88. The second kappa shape index (κ2) is 14.8. The van der Waals surface area contributed by atoms with Crippen LogP contribution >= 0.6 is 0 Å². The maximum absolute atomic E-state index is 5.55. The number of hydrogen-bond acceptors (Lipinski definition) is 3. The Bertz CT molecular complexity index is 2850. The van der Waals surface area contributed by atoms with Crippen molar-refractivity contribution in [3.63, 3.8) is 0 Å². The summed E-state index contributed by atoms with van der Waals surface area (Å²) < 4.78 is 4.52. The molecule has 8 rings (SSSR count). The minimum absolute atomic E-state index is 0.131.